The molecule has 0 bridgehead atoms. The van der Waals surface area contributed by atoms with Gasteiger partial charge >= 0.3 is 6.03 Å². The van der Waals surface area contributed by atoms with E-state index in [2.05, 4.69) is 24.4 Å². The Morgan fingerprint density at radius 2 is 1.65 bits per heavy atom. The number of anilines is 1. The molecule has 1 aliphatic rings. The van der Waals surface area contributed by atoms with Gasteiger partial charge < -0.3 is 15.0 Å². The summed E-state index contributed by atoms with van der Waals surface area (Å²) >= 11 is 0. The lowest BCUT2D eigenvalue weighted by Gasteiger charge is -2.35. The third-order valence-corrected chi connectivity index (χ3v) is 3.62. The van der Waals surface area contributed by atoms with E-state index in [1.165, 1.54) is 5.56 Å². The van der Waals surface area contributed by atoms with Crippen LogP contribution in [-0.4, -0.2) is 36.2 Å². The summed E-state index contributed by atoms with van der Waals surface area (Å²) in [6.45, 7) is 11.4. The maximum absolute atomic E-state index is 12.4. The molecule has 0 spiro atoms. The summed E-state index contributed by atoms with van der Waals surface area (Å²) in [4.78, 5) is 14.2. The molecular weight excluding hydrogens is 252 g/mol. The topological polar surface area (TPSA) is 41.6 Å². The standard InChI is InChI=1S/C16H24N2O2/c1-10-6-11(2)15(12(3)7-10)17-16(19)18-8-13(4)20-14(5)9-18/h6-7,13-14H,8-9H2,1-5H3,(H,17,19). The molecule has 1 saturated heterocycles. The summed E-state index contributed by atoms with van der Waals surface area (Å²) in [6.07, 6.45) is 0.175. The summed E-state index contributed by atoms with van der Waals surface area (Å²) in [5.41, 5.74) is 4.34. The zero-order valence-electron chi connectivity index (χ0n) is 13.0. The van der Waals surface area contributed by atoms with E-state index in [-0.39, 0.29) is 18.2 Å². The number of carbonyl (C=O) groups is 1. The predicted molar refractivity (Wildman–Crippen MR) is 81.3 cm³/mol. The summed E-state index contributed by atoms with van der Waals surface area (Å²) < 4.78 is 5.66. The number of aryl methyl sites for hydroxylation is 3. The van der Waals surface area contributed by atoms with Crippen molar-refractivity contribution in [2.24, 2.45) is 0 Å². The number of urea groups is 1. The van der Waals surface area contributed by atoms with Gasteiger partial charge in [0.1, 0.15) is 0 Å². The van der Waals surface area contributed by atoms with E-state index in [9.17, 15) is 4.79 Å². The second-order valence-electron chi connectivity index (χ2n) is 5.87. The lowest BCUT2D eigenvalue weighted by atomic mass is 10.1. The van der Waals surface area contributed by atoms with Gasteiger partial charge in [0, 0.05) is 18.8 Å². The quantitative estimate of drug-likeness (QED) is 0.855. The molecule has 1 heterocycles. The van der Waals surface area contributed by atoms with Crippen molar-refractivity contribution in [2.75, 3.05) is 18.4 Å². The van der Waals surface area contributed by atoms with Crippen LogP contribution in [0.1, 0.15) is 30.5 Å². The monoisotopic (exact) mass is 276 g/mol. The number of hydrogen-bond donors (Lipinski definition) is 1. The maximum Gasteiger partial charge on any atom is 0.322 e. The van der Waals surface area contributed by atoms with Crippen molar-refractivity contribution >= 4 is 11.7 Å². The highest BCUT2D eigenvalue weighted by atomic mass is 16.5. The second-order valence-corrected chi connectivity index (χ2v) is 5.87. The Hall–Kier alpha value is -1.55. The highest BCUT2D eigenvalue weighted by Crippen LogP contribution is 2.23. The Morgan fingerprint density at radius 1 is 1.15 bits per heavy atom. The van der Waals surface area contributed by atoms with Crippen molar-refractivity contribution in [2.45, 2.75) is 46.8 Å². The minimum absolute atomic E-state index is 0.0398. The Morgan fingerprint density at radius 3 is 2.15 bits per heavy atom. The number of benzene rings is 1. The smallest absolute Gasteiger partial charge is 0.322 e. The number of carbonyl (C=O) groups excluding carboxylic acids is 1. The fraction of sp³-hybridized carbons (Fsp3) is 0.562. The predicted octanol–water partition coefficient (Wildman–Crippen LogP) is 3.25. The normalized spacial score (nSPS) is 22.8. The van der Waals surface area contributed by atoms with Gasteiger partial charge in [-0.25, -0.2) is 4.79 Å². The molecule has 2 amide bonds. The fourth-order valence-corrected chi connectivity index (χ4v) is 2.91. The first-order valence-electron chi connectivity index (χ1n) is 7.16. The zero-order valence-corrected chi connectivity index (χ0v) is 13.0. The van der Waals surface area contributed by atoms with Crippen molar-refractivity contribution in [3.05, 3.63) is 28.8 Å². The van der Waals surface area contributed by atoms with Crippen molar-refractivity contribution in [3.8, 4) is 0 Å². The average Bonchev–Trinajstić information content (AvgIpc) is 2.32. The van der Waals surface area contributed by atoms with E-state index >= 15 is 0 Å². The first-order chi connectivity index (χ1) is 9.36. The van der Waals surface area contributed by atoms with E-state index in [1.54, 1.807) is 0 Å². The van der Waals surface area contributed by atoms with Crippen LogP contribution in [0.4, 0.5) is 10.5 Å². The van der Waals surface area contributed by atoms with Crippen LogP contribution in [0.2, 0.25) is 0 Å². The Labute approximate surface area is 121 Å². The first-order valence-corrected chi connectivity index (χ1v) is 7.16. The van der Waals surface area contributed by atoms with Gasteiger partial charge in [0.05, 0.1) is 12.2 Å². The SMILES string of the molecule is Cc1cc(C)c(NC(=O)N2CC(C)OC(C)C2)c(C)c1. The van der Waals surface area contributed by atoms with Gasteiger partial charge in [0.25, 0.3) is 0 Å². The fourth-order valence-electron chi connectivity index (χ4n) is 2.91. The zero-order chi connectivity index (χ0) is 14.9. The van der Waals surface area contributed by atoms with Crippen LogP contribution in [0, 0.1) is 20.8 Å². The highest BCUT2D eigenvalue weighted by Gasteiger charge is 2.26. The molecule has 1 aromatic carbocycles. The van der Waals surface area contributed by atoms with Crippen LogP contribution in [0.15, 0.2) is 12.1 Å². The molecule has 2 rings (SSSR count). The number of hydrogen-bond acceptors (Lipinski definition) is 2. The summed E-state index contributed by atoms with van der Waals surface area (Å²) in [5.74, 6) is 0. The molecule has 2 unspecified atom stereocenters. The molecule has 0 aromatic heterocycles. The second kappa shape index (κ2) is 5.83. The van der Waals surface area contributed by atoms with Crippen molar-refractivity contribution in [1.82, 2.24) is 4.90 Å². The van der Waals surface area contributed by atoms with E-state index in [4.69, 9.17) is 4.74 Å². The third-order valence-electron chi connectivity index (χ3n) is 3.62. The molecule has 4 heteroatoms. The Bertz CT molecular complexity index is 480. The van der Waals surface area contributed by atoms with E-state index in [0.717, 1.165) is 16.8 Å². The summed E-state index contributed by atoms with van der Waals surface area (Å²) in [5, 5.41) is 3.05. The number of rotatable bonds is 1. The van der Waals surface area contributed by atoms with Crippen molar-refractivity contribution < 1.29 is 9.53 Å². The van der Waals surface area contributed by atoms with Crippen LogP contribution >= 0.6 is 0 Å². The maximum atomic E-state index is 12.4. The molecular formula is C16H24N2O2. The van der Waals surface area contributed by atoms with Crippen molar-refractivity contribution in [1.29, 1.82) is 0 Å². The van der Waals surface area contributed by atoms with Gasteiger partial charge in [-0.1, -0.05) is 17.7 Å². The molecule has 0 aliphatic carbocycles. The molecule has 1 N–H and O–H groups in total. The number of nitrogens with one attached hydrogen (secondary N) is 1. The van der Waals surface area contributed by atoms with Crippen molar-refractivity contribution in [3.63, 3.8) is 0 Å². The lowest BCUT2D eigenvalue weighted by molar-refractivity contribution is -0.0530. The van der Waals surface area contributed by atoms with E-state index in [0.29, 0.717) is 13.1 Å². The Kier molecular flexibility index (Phi) is 4.33. The van der Waals surface area contributed by atoms with Gasteiger partial charge in [-0.2, -0.15) is 0 Å². The van der Waals surface area contributed by atoms with Gasteiger partial charge in [0.15, 0.2) is 0 Å². The molecule has 1 aliphatic heterocycles. The largest absolute Gasteiger partial charge is 0.372 e. The molecule has 1 fully saturated rings. The average molecular weight is 276 g/mol. The van der Waals surface area contributed by atoms with Gasteiger partial charge in [-0.15, -0.1) is 0 Å². The van der Waals surface area contributed by atoms with Crippen LogP contribution in [0.5, 0.6) is 0 Å². The third kappa shape index (κ3) is 3.31. The summed E-state index contributed by atoms with van der Waals surface area (Å²) in [6, 6.07) is 4.14. The minimum atomic E-state index is -0.0398. The molecule has 20 heavy (non-hydrogen) atoms. The number of amides is 2. The van der Waals surface area contributed by atoms with Gasteiger partial charge in [0.2, 0.25) is 0 Å². The van der Waals surface area contributed by atoms with E-state index in [1.807, 2.05) is 32.6 Å². The molecule has 0 radical (unpaired) electrons. The first kappa shape index (κ1) is 14.9. The van der Waals surface area contributed by atoms with Crippen LogP contribution in [0.3, 0.4) is 0 Å². The summed E-state index contributed by atoms with van der Waals surface area (Å²) in [7, 11) is 0. The molecule has 110 valence electrons. The number of nitrogens with zero attached hydrogens (tertiary/aromatic N) is 1. The molecule has 4 nitrogen and oxygen atoms in total. The molecule has 1 aromatic rings. The molecule has 2 atom stereocenters. The molecule has 0 saturated carbocycles. The Balaban J connectivity index is 2.12. The van der Waals surface area contributed by atoms with Gasteiger partial charge in [-0.3, -0.25) is 0 Å². The number of morpholine rings is 1. The minimum Gasteiger partial charge on any atom is -0.372 e. The number of ether oxygens (including phenoxy) is 1. The van der Waals surface area contributed by atoms with Gasteiger partial charge in [-0.05, 0) is 45.7 Å². The van der Waals surface area contributed by atoms with Crippen LogP contribution in [-0.2, 0) is 4.74 Å². The highest BCUT2D eigenvalue weighted by molar-refractivity contribution is 5.91. The lowest BCUT2D eigenvalue weighted by Crippen LogP contribution is -2.49. The van der Waals surface area contributed by atoms with Crippen LogP contribution < -0.4 is 5.32 Å². The van der Waals surface area contributed by atoms with E-state index < -0.39 is 0 Å². The van der Waals surface area contributed by atoms with Crippen LogP contribution in [0.25, 0.3) is 0 Å².